The quantitative estimate of drug-likeness (QED) is 0.629. The Morgan fingerprint density at radius 2 is 1.74 bits per heavy atom. The molecule has 0 fully saturated rings. The molecule has 2 aromatic rings. The predicted molar refractivity (Wildman–Crippen MR) is 78.2 cm³/mol. The molecule has 1 aliphatic heterocycles. The minimum absolute atomic E-state index is 0.00134. The molecule has 2 aromatic carbocycles. The molecule has 0 amide bonds. The predicted octanol–water partition coefficient (Wildman–Crippen LogP) is 1.60. The van der Waals surface area contributed by atoms with Gasteiger partial charge in [0.25, 0.3) is 0 Å². The Hall–Kier alpha value is -1.35. The molecule has 0 nitrogen and oxygen atoms in total. The molecule has 0 radical (unpaired) electrons. The normalized spacial score (nSPS) is 16.6. The summed E-state index contributed by atoms with van der Waals surface area (Å²) in [4.78, 5) is 0. The second kappa shape index (κ2) is 4.64. The van der Waals surface area contributed by atoms with E-state index in [0.717, 1.165) is 0 Å². The van der Waals surface area contributed by atoms with E-state index in [2.05, 4.69) is 58.7 Å². The Labute approximate surface area is 123 Å². The molecule has 0 saturated carbocycles. The molecule has 0 saturated heterocycles. The van der Waals surface area contributed by atoms with Crippen LogP contribution in [0.15, 0.2) is 46.6 Å². The number of allylic oxidation sites excluding steroid dienone is 3. The van der Waals surface area contributed by atoms with Crippen molar-refractivity contribution in [1.29, 1.82) is 0 Å². The molecular formula is C18H14I-. The fourth-order valence-electron chi connectivity index (χ4n) is 2.96. The topological polar surface area (TPSA) is 0 Å². The summed E-state index contributed by atoms with van der Waals surface area (Å²) in [5.41, 5.74) is 4.56. The summed E-state index contributed by atoms with van der Waals surface area (Å²) in [5, 5.41) is 2.84. The molecule has 0 N–H and O–H groups in total. The van der Waals surface area contributed by atoms with Gasteiger partial charge in [-0.1, -0.05) is 0 Å². The number of rotatable bonds is 0. The number of halogens is 1. The van der Waals surface area contributed by atoms with E-state index in [0.29, 0.717) is 0 Å². The molecule has 4 rings (SSSR count). The molecule has 0 atom stereocenters. The summed E-state index contributed by atoms with van der Waals surface area (Å²) in [6.45, 7) is 0. The van der Waals surface area contributed by atoms with Crippen molar-refractivity contribution < 1.29 is 21.2 Å². The fraction of sp³-hybridized carbons (Fsp3) is 0.111. The molecule has 0 aromatic heterocycles. The summed E-state index contributed by atoms with van der Waals surface area (Å²) in [7, 11) is 0. The number of hydrogen-bond donors (Lipinski definition) is 0. The van der Waals surface area contributed by atoms with Gasteiger partial charge in [0, 0.05) is 0 Å². The first kappa shape index (κ1) is 11.5. The minimum atomic E-state index is -0.00134. The van der Waals surface area contributed by atoms with Crippen LogP contribution in [0.25, 0.3) is 22.9 Å². The van der Waals surface area contributed by atoms with Crippen molar-refractivity contribution in [2.75, 3.05) is 0 Å². The number of fused-ring (bicyclic) bond motifs is 6. The Morgan fingerprint density at radius 1 is 0.895 bits per heavy atom. The molecule has 0 bridgehead atoms. The van der Waals surface area contributed by atoms with Crippen molar-refractivity contribution in [3.05, 3.63) is 66.8 Å². The van der Waals surface area contributed by atoms with Gasteiger partial charge in [-0.2, -0.15) is 0 Å². The SMILES string of the molecule is C1=C[I-]c2c3c(c4ccccc4c2C=C1)C=CCC3. The monoisotopic (exact) mass is 357 g/mol. The average molecular weight is 357 g/mol. The first-order chi connectivity index (χ1) is 9.45. The summed E-state index contributed by atoms with van der Waals surface area (Å²) < 4.78 is 4.02. The van der Waals surface area contributed by atoms with Crippen LogP contribution in [-0.4, -0.2) is 0 Å². The van der Waals surface area contributed by atoms with Gasteiger partial charge in [0.05, 0.1) is 0 Å². The van der Waals surface area contributed by atoms with Crippen molar-refractivity contribution in [3.8, 4) is 0 Å². The Kier molecular flexibility index (Phi) is 2.80. The van der Waals surface area contributed by atoms with Crippen LogP contribution in [0.1, 0.15) is 23.1 Å². The fourth-order valence-corrected chi connectivity index (χ4v) is 5.51. The summed E-state index contributed by atoms with van der Waals surface area (Å²) in [6, 6.07) is 8.86. The summed E-state index contributed by atoms with van der Waals surface area (Å²) in [6.07, 6.45) is 13.8. The van der Waals surface area contributed by atoms with Crippen LogP contribution < -0.4 is 21.2 Å². The van der Waals surface area contributed by atoms with Crippen molar-refractivity contribution in [3.63, 3.8) is 0 Å². The van der Waals surface area contributed by atoms with Crippen LogP contribution >= 0.6 is 0 Å². The molecule has 2 aliphatic rings. The summed E-state index contributed by atoms with van der Waals surface area (Å²) in [5.74, 6) is 0. The van der Waals surface area contributed by atoms with E-state index in [1.165, 1.54) is 34.7 Å². The first-order valence-corrected chi connectivity index (χ1v) is 8.98. The van der Waals surface area contributed by atoms with Gasteiger partial charge in [0.1, 0.15) is 0 Å². The van der Waals surface area contributed by atoms with Gasteiger partial charge in [-0.3, -0.25) is 0 Å². The van der Waals surface area contributed by atoms with Crippen LogP contribution in [0.5, 0.6) is 0 Å². The summed E-state index contributed by atoms with van der Waals surface area (Å²) >= 11 is -0.00134. The molecule has 0 spiro atoms. The van der Waals surface area contributed by atoms with Gasteiger partial charge in [-0.05, 0) is 0 Å². The Morgan fingerprint density at radius 3 is 2.63 bits per heavy atom. The standard InChI is InChI=1S/C18H14I/c1-2-8-15-13(7-1)14-9-3-4-10-16(14)18-17(15)11-5-6-12-19-18/h1-3,5-9,11-12H,4,10H2/q-1. The maximum atomic E-state index is 2.38. The first-order valence-electron chi connectivity index (χ1n) is 6.66. The van der Waals surface area contributed by atoms with Gasteiger partial charge in [0.2, 0.25) is 0 Å². The van der Waals surface area contributed by atoms with Crippen molar-refractivity contribution in [1.82, 2.24) is 0 Å². The molecule has 1 heterocycles. The second-order valence-corrected chi connectivity index (χ2v) is 7.31. The van der Waals surface area contributed by atoms with Gasteiger partial charge >= 0.3 is 124 Å². The van der Waals surface area contributed by atoms with E-state index in [1.807, 2.05) is 0 Å². The van der Waals surface area contributed by atoms with Crippen LogP contribution in [0, 0.1) is 3.57 Å². The van der Waals surface area contributed by atoms with Gasteiger partial charge in [-0.15, -0.1) is 0 Å². The zero-order valence-corrected chi connectivity index (χ0v) is 12.7. The molecule has 0 unspecified atom stereocenters. The third kappa shape index (κ3) is 1.79. The van der Waals surface area contributed by atoms with Gasteiger partial charge in [-0.25, -0.2) is 0 Å². The zero-order chi connectivity index (χ0) is 12.7. The Bertz CT molecular complexity index is 748. The zero-order valence-electron chi connectivity index (χ0n) is 10.6. The van der Waals surface area contributed by atoms with E-state index < -0.39 is 0 Å². The van der Waals surface area contributed by atoms with E-state index in [-0.39, 0.29) is 21.2 Å². The third-order valence-electron chi connectivity index (χ3n) is 3.80. The number of benzene rings is 2. The van der Waals surface area contributed by atoms with Crippen LogP contribution in [0.2, 0.25) is 0 Å². The molecule has 94 valence electrons. The molecule has 1 heteroatoms. The van der Waals surface area contributed by atoms with Crippen LogP contribution in [0.4, 0.5) is 0 Å². The third-order valence-corrected chi connectivity index (χ3v) is 6.43. The van der Waals surface area contributed by atoms with E-state index in [4.69, 9.17) is 0 Å². The second-order valence-electron chi connectivity index (χ2n) is 4.89. The van der Waals surface area contributed by atoms with Gasteiger partial charge < -0.3 is 0 Å². The van der Waals surface area contributed by atoms with Crippen molar-refractivity contribution in [2.24, 2.45) is 0 Å². The average Bonchev–Trinajstić information content (AvgIpc) is 2.73. The molecular weight excluding hydrogens is 343 g/mol. The van der Waals surface area contributed by atoms with Crippen LogP contribution in [0.3, 0.4) is 0 Å². The maximum absolute atomic E-state index is 2.38. The van der Waals surface area contributed by atoms with Crippen LogP contribution in [-0.2, 0) is 6.42 Å². The molecule has 19 heavy (non-hydrogen) atoms. The Balaban J connectivity index is 2.19. The van der Waals surface area contributed by atoms with Gasteiger partial charge in [0.15, 0.2) is 0 Å². The van der Waals surface area contributed by atoms with E-state index in [9.17, 15) is 0 Å². The molecule has 1 aliphatic carbocycles. The van der Waals surface area contributed by atoms with Crippen molar-refractivity contribution in [2.45, 2.75) is 12.8 Å². The number of hydrogen-bond acceptors (Lipinski definition) is 0. The van der Waals surface area contributed by atoms with Crippen molar-refractivity contribution >= 4 is 22.9 Å². The van der Waals surface area contributed by atoms with E-state index >= 15 is 0 Å². The van der Waals surface area contributed by atoms with E-state index in [1.54, 1.807) is 9.13 Å².